The summed E-state index contributed by atoms with van der Waals surface area (Å²) in [5.74, 6) is -0.334. The van der Waals surface area contributed by atoms with Crippen molar-refractivity contribution >= 4 is 11.7 Å². The second-order valence-corrected chi connectivity index (χ2v) is 6.33. The van der Waals surface area contributed by atoms with Crippen molar-refractivity contribution in [2.75, 3.05) is 12.4 Å². The summed E-state index contributed by atoms with van der Waals surface area (Å²) in [6.45, 7) is 4.09. The summed E-state index contributed by atoms with van der Waals surface area (Å²) in [7, 11) is 1.39. The molecule has 0 radical (unpaired) electrons. The van der Waals surface area contributed by atoms with Crippen molar-refractivity contribution < 1.29 is 9.53 Å². The predicted molar refractivity (Wildman–Crippen MR) is 96.7 cm³/mol. The lowest BCUT2D eigenvalue weighted by atomic mass is 10.0. The second-order valence-electron chi connectivity index (χ2n) is 6.33. The maximum absolute atomic E-state index is 11.6. The molecule has 0 bridgehead atoms. The van der Waals surface area contributed by atoms with Gasteiger partial charge in [0.1, 0.15) is 6.17 Å². The first kappa shape index (κ1) is 15.4. The molecule has 0 aliphatic carbocycles. The number of nitrogens with zero attached hydrogens (tertiary/aromatic N) is 2. The van der Waals surface area contributed by atoms with Crippen LogP contribution in [0.5, 0.6) is 0 Å². The van der Waals surface area contributed by atoms with Crippen molar-refractivity contribution in [3.8, 4) is 11.3 Å². The smallest absolute Gasteiger partial charge is 0.337 e. The van der Waals surface area contributed by atoms with Gasteiger partial charge in [-0.2, -0.15) is 5.10 Å². The molecule has 0 saturated carbocycles. The largest absolute Gasteiger partial charge is 0.465 e. The van der Waals surface area contributed by atoms with Crippen LogP contribution in [0.1, 0.15) is 33.3 Å². The molecule has 0 spiro atoms. The number of esters is 1. The number of benzene rings is 2. The van der Waals surface area contributed by atoms with Crippen molar-refractivity contribution in [2.24, 2.45) is 0 Å². The van der Waals surface area contributed by atoms with Crippen molar-refractivity contribution in [3.63, 3.8) is 0 Å². The van der Waals surface area contributed by atoms with Crippen molar-refractivity contribution in [2.45, 2.75) is 20.0 Å². The summed E-state index contributed by atoms with van der Waals surface area (Å²) in [6, 6.07) is 15.9. The standard InChI is InChI=1S/C20H19N3O2/c1-12-4-9-17-16(10-12)18-11-13(2)22-23(18)19(21-17)14-5-7-15(8-6-14)20(24)25-3/h4-11,19,21H,1-3H3. The number of methoxy groups -OCH3 is 1. The van der Waals surface area contributed by atoms with E-state index in [0.717, 1.165) is 28.2 Å². The Morgan fingerprint density at radius 2 is 1.88 bits per heavy atom. The van der Waals surface area contributed by atoms with Gasteiger partial charge in [-0.25, -0.2) is 9.48 Å². The average molecular weight is 333 g/mol. The Hall–Kier alpha value is -3.08. The van der Waals surface area contributed by atoms with Crippen LogP contribution < -0.4 is 5.32 Å². The number of nitrogens with one attached hydrogen (secondary N) is 1. The summed E-state index contributed by atoms with van der Waals surface area (Å²) in [5, 5.41) is 8.23. The minimum Gasteiger partial charge on any atom is -0.465 e. The van der Waals surface area contributed by atoms with Gasteiger partial charge >= 0.3 is 5.97 Å². The SMILES string of the molecule is COC(=O)c1ccc(C2Nc3ccc(C)cc3-c3cc(C)nn32)cc1. The van der Waals surface area contributed by atoms with E-state index in [4.69, 9.17) is 4.74 Å². The first-order valence-electron chi connectivity index (χ1n) is 8.19. The first-order valence-corrected chi connectivity index (χ1v) is 8.19. The Balaban J connectivity index is 1.79. The average Bonchev–Trinajstić information content (AvgIpc) is 3.02. The molecule has 0 saturated heterocycles. The molecule has 1 atom stereocenters. The molecule has 4 rings (SSSR count). The zero-order valence-electron chi connectivity index (χ0n) is 14.4. The lowest BCUT2D eigenvalue weighted by molar-refractivity contribution is 0.0600. The van der Waals surface area contributed by atoms with Crippen LogP contribution >= 0.6 is 0 Å². The fourth-order valence-corrected chi connectivity index (χ4v) is 3.26. The van der Waals surface area contributed by atoms with Crippen LogP contribution in [0, 0.1) is 13.8 Å². The number of carbonyl (C=O) groups excluding carboxylic acids is 1. The summed E-state index contributed by atoms with van der Waals surface area (Å²) >= 11 is 0. The summed E-state index contributed by atoms with van der Waals surface area (Å²) < 4.78 is 6.77. The highest BCUT2D eigenvalue weighted by atomic mass is 16.5. The van der Waals surface area contributed by atoms with E-state index in [9.17, 15) is 4.79 Å². The highest BCUT2D eigenvalue weighted by molar-refractivity contribution is 5.89. The number of carbonyl (C=O) groups is 1. The second kappa shape index (κ2) is 5.77. The molecule has 1 N–H and O–H groups in total. The van der Waals surface area contributed by atoms with E-state index in [1.807, 2.05) is 23.7 Å². The van der Waals surface area contributed by atoms with E-state index in [-0.39, 0.29) is 12.1 Å². The fraction of sp³-hybridized carbons (Fsp3) is 0.200. The highest BCUT2D eigenvalue weighted by Gasteiger charge is 2.26. The number of hydrogen-bond acceptors (Lipinski definition) is 4. The fourth-order valence-electron chi connectivity index (χ4n) is 3.26. The Kier molecular flexibility index (Phi) is 3.57. The Morgan fingerprint density at radius 1 is 1.12 bits per heavy atom. The van der Waals surface area contributed by atoms with Crippen LogP contribution in [0.25, 0.3) is 11.3 Å². The molecule has 5 heteroatoms. The van der Waals surface area contributed by atoms with Crippen LogP contribution in [0.3, 0.4) is 0 Å². The quantitative estimate of drug-likeness (QED) is 0.722. The molecular formula is C20H19N3O2. The molecule has 1 aliphatic rings. The maximum Gasteiger partial charge on any atom is 0.337 e. The molecule has 0 fully saturated rings. The first-order chi connectivity index (χ1) is 12.1. The lowest BCUT2D eigenvalue weighted by Crippen LogP contribution is -2.25. The minimum atomic E-state index is -0.334. The van der Waals surface area contributed by atoms with Gasteiger partial charge in [0.15, 0.2) is 0 Å². The topological polar surface area (TPSA) is 56.1 Å². The van der Waals surface area contributed by atoms with Crippen LogP contribution in [-0.2, 0) is 4.74 Å². The third-order valence-electron chi connectivity index (χ3n) is 4.49. The molecule has 1 aromatic heterocycles. The van der Waals surface area contributed by atoms with Gasteiger partial charge in [-0.1, -0.05) is 23.8 Å². The Labute approximate surface area is 146 Å². The predicted octanol–water partition coefficient (Wildman–Crippen LogP) is 3.93. The number of anilines is 1. The van der Waals surface area contributed by atoms with Crippen LogP contribution in [0.4, 0.5) is 5.69 Å². The Bertz CT molecular complexity index is 958. The molecule has 5 nitrogen and oxygen atoms in total. The summed E-state index contributed by atoms with van der Waals surface area (Å²) in [4.78, 5) is 11.6. The van der Waals surface area contributed by atoms with Crippen LogP contribution in [0.15, 0.2) is 48.5 Å². The molecule has 25 heavy (non-hydrogen) atoms. The lowest BCUT2D eigenvalue weighted by Gasteiger charge is -2.29. The normalized spacial score (nSPS) is 15.1. The number of aryl methyl sites for hydroxylation is 2. The van der Waals surface area contributed by atoms with Gasteiger partial charge in [-0.15, -0.1) is 0 Å². The van der Waals surface area contributed by atoms with Gasteiger partial charge in [0.25, 0.3) is 0 Å². The van der Waals surface area contributed by atoms with Gasteiger partial charge in [0.05, 0.1) is 24.1 Å². The third-order valence-corrected chi connectivity index (χ3v) is 4.49. The van der Waals surface area contributed by atoms with E-state index < -0.39 is 0 Å². The molecular weight excluding hydrogens is 314 g/mol. The number of hydrogen-bond donors (Lipinski definition) is 1. The number of aromatic nitrogens is 2. The van der Waals surface area contributed by atoms with E-state index in [2.05, 4.69) is 41.6 Å². The van der Waals surface area contributed by atoms with Crippen molar-refractivity contribution in [1.82, 2.24) is 9.78 Å². The zero-order chi connectivity index (χ0) is 17.6. The Morgan fingerprint density at radius 3 is 2.60 bits per heavy atom. The van der Waals surface area contributed by atoms with Gasteiger partial charge < -0.3 is 10.1 Å². The number of fused-ring (bicyclic) bond motifs is 3. The number of rotatable bonds is 2. The molecule has 126 valence electrons. The monoisotopic (exact) mass is 333 g/mol. The molecule has 0 amide bonds. The van der Waals surface area contributed by atoms with E-state index in [0.29, 0.717) is 5.56 Å². The molecule has 2 heterocycles. The highest BCUT2D eigenvalue weighted by Crippen LogP contribution is 2.39. The summed E-state index contributed by atoms with van der Waals surface area (Å²) in [5.41, 5.74) is 7.09. The van der Waals surface area contributed by atoms with E-state index >= 15 is 0 Å². The van der Waals surface area contributed by atoms with E-state index in [1.54, 1.807) is 12.1 Å². The molecule has 1 unspecified atom stereocenters. The van der Waals surface area contributed by atoms with Crippen molar-refractivity contribution in [1.29, 1.82) is 0 Å². The minimum absolute atomic E-state index is 0.120. The molecule has 2 aromatic carbocycles. The van der Waals surface area contributed by atoms with E-state index in [1.165, 1.54) is 12.7 Å². The third kappa shape index (κ3) is 2.58. The summed E-state index contributed by atoms with van der Waals surface area (Å²) in [6.07, 6.45) is -0.120. The molecule has 3 aromatic rings. The molecule has 1 aliphatic heterocycles. The van der Waals surface area contributed by atoms with Gasteiger partial charge in [0.2, 0.25) is 0 Å². The number of ether oxygens (including phenoxy) is 1. The van der Waals surface area contributed by atoms with Crippen LogP contribution in [-0.4, -0.2) is 22.9 Å². The zero-order valence-corrected chi connectivity index (χ0v) is 14.4. The maximum atomic E-state index is 11.6. The van der Waals surface area contributed by atoms with Gasteiger partial charge in [-0.05, 0) is 49.7 Å². The van der Waals surface area contributed by atoms with Crippen molar-refractivity contribution in [3.05, 3.63) is 70.9 Å². The van der Waals surface area contributed by atoms with Gasteiger partial charge in [-0.3, -0.25) is 0 Å². The van der Waals surface area contributed by atoms with Gasteiger partial charge in [0, 0.05) is 11.3 Å². The van der Waals surface area contributed by atoms with Crippen LogP contribution in [0.2, 0.25) is 0 Å².